The Balaban J connectivity index is 0.000000251. The monoisotopic (exact) mass is 646 g/mol. The fourth-order valence-electron chi connectivity index (χ4n) is 5.43. The highest BCUT2D eigenvalue weighted by Gasteiger charge is 2.36. The number of hydrogen-bond donors (Lipinski definition) is 3. The van der Waals surface area contributed by atoms with Crippen LogP contribution in [0, 0.1) is 20.8 Å². The Morgan fingerprint density at radius 1 is 1.02 bits per heavy atom. The molecule has 14 heteroatoms. The van der Waals surface area contributed by atoms with E-state index in [-0.39, 0.29) is 42.3 Å². The average Bonchev–Trinajstić information content (AvgIpc) is 3.63. The number of anilines is 2. The molecule has 0 fully saturated rings. The van der Waals surface area contributed by atoms with Crippen LogP contribution < -0.4 is 16.5 Å². The highest BCUT2D eigenvalue weighted by atomic mass is 16.5. The zero-order valence-electron chi connectivity index (χ0n) is 28.1. The number of nitrogens with two attached hydrogens (primary N) is 1. The quantitative estimate of drug-likeness (QED) is 0.178. The van der Waals surface area contributed by atoms with Gasteiger partial charge in [0.2, 0.25) is 0 Å². The zero-order chi connectivity index (χ0) is 34.6. The minimum Gasteiger partial charge on any atom is -0.462 e. The third kappa shape index (κ3) is 6.76. The number of nitrogens with zero attached hydrogens (tertiary/aromatic N) is 5. The molecule has 47 heavy (non-hydrogen) atoms. The van der Waals surface area contributed by atoms with Crippen LogP contribution in [-0.4, -0.2) is 73.7 Å². The van der Waals surface area contributed by atoms with E-state index >= 15 is 0 Å². The summed E-state index contributed by atoms with van der Waals surface area (Å²) in [5, 5.41) is 10.6. The number of aromatic nitrogens is 4. The smallest absolute Gasteiger partial charge is 0.357 e. The molecule has 4 aromatic rings. The number of rotatable bonds is 9. The van der Waals surface area contributed by atoms with Gasteiger partial charge in [-0.05, 0) is 84.2 Å². The first-order valence-corrected chi connectivity index (χ1v) is 15.5. The molecule has 0 aliphatic carbocycles. The van der Waals surface area contributed by atoms with Crippen molar-refractivity contribution in [1.82, 2.24) is 29.5 Å². The van der Waals surface area contributed by atoms with Crippen molar-refractivity contribution in [1.29, 1.82) is 0 Å². The highest BCUT2D eigenvalue weighted by molar-refractivity contribution is 6.03. The fraction of sp³-hybridized carbons (Fsp3) is 0.394. The van der Waals surface area contributed by atoms with Gasteiger partial charge in [-0.3, -0.25) is 14.3 Å². The molecule has 0 unspecified atom stereocenters. The Morgan fingerprint density at radius 3 is 2.34 bits per heavy atom. The summed E-state index contributed by atoms with van der Waals surface area (Å²) in [6.45, 7) is 16.5. The van der Waals surface area contributed by atoms with E-state index in [9.17, 15) is 19.2 Å². The maximum atomic E-state index is 12.9. The van der Waals surface area contributed by atoms with Gasteiger partial charge in [-0.1, -0.05) is 6.07 Å². The van der Waals surface area contributed by atoms with Crippen LogP contribution in [0.3, 0.4) is 0 Å². The van der Waals surface area contributed by atoms with Gasteiger partial charge in [0.15, 0.2) is 11.5 Å². The number of benzene rings is 1. The van der Waals surface area contributed by atoms with E-state index in [0.29, 0.717) is 35.6 Å². The second-order valence-electron chi connectivity index (χ2n) is 11.2. The number of nitrogen functional groups attached to an aromatic ring is 1. The largest absolute Gasteiger partial charge is 0.462 e. The van der Waals surface area contributed by atoms with Crippen LogP contribution in [0.5, 0.6) is 0 Å². The molecular weight excluding hydrogens is 604 g/mol. The molecule has 3 aromatic heterocycles. The van der Waals surface area contributed by atoms with Crippen LogP contribution in [0.4, 0.5) is 11.5 Å². The van der Waals surface area contributed by atoms with Crippen LogP contribution in [-0.2, 0) is 16.0 Å². The Labute approximate surface area is 273 Å². The van der Waals surface area contributed by atoms with Crippen molar-refractivity contribution in [2.75, 3.05) is 30.9 Å². The second kappa shape index (κ2) is 14.4. The van der Waals surface area contributed by atoms with Crippen molar-refractivity contribution in [3.05, 3.63) is 75.5 Å². The van der Waals surface area contributed by atoms with Crippen molar-refractivity contribution in [2.24, 2.45) is 0 Å². The van der Waals surface area contributed by atoms with Gasteiger partial charge in [0.1, 0.15) is 11.8 Å². The normalized spacial score (nSPS) is 12.1. The van der Waals surface area contributed by atoms with Crippen LogP contribution in [0.15, 0.2) is 30.7 Å². The van der Waals surface area contributed by atoms with E-state index in [2.05, 4.69) is 20.7 Å². The molecule has 5 rings (SSSR count). The Kier molecular flexibility index (Phi) is 10.5. The molecular formula is C33H42N8O6. The lowest BCUT2D eigenvalue weighted by Gasteiger charge is -2.21. The molecule has 14 nitrogen and oxygen atoms in total. The number of hydrogen-bond acceptors (Lipinski definition) is 10. The first-order chi connectivity index (χ1) is 22.4. The second-order valence-corrected chi connectivity index (χ2v) is 11.2. The predicted molar refractivity (Wildman–Crippen MR) is 176 cm³/mol. The number of aryl methyl sites for hydroxylation is 2. The maximum Gasteiger partial charge on any atom is 0.357 e. The molecule has 0 saturated carbocycles. The first kappa shape index (κ1) is 34.5. The van der Waals surface area contributed by atoms with Gasteiger partial charge in [-0.15, -0.1) is 0 Å². The Bertz CT molecular complexity index is 1840. The van der Waals surface area contributed by atoms with Gasteiger partial charge in [-0.25, -0.2) is 19.1 Å². The minimum absolute atomic E-state index is 0.0309. The van der Waals surface area contributed by atoms with E-state index in [0.717, 1.165) is 32.7 Å². The molecule has 250 valence electrons. The summed E-state index contributed by atoms with van der Waals surface area (Å²) < 4.78 is 12.6. The van der Waals surface area contributed by atoms with Crippen LogP contribution in [0.1, 0.15) is 98.6 Å². The van der Waals surface area contributed by atoms with Crippen molar-refractivity contribution < 1.29 is 28.7 Å². The molecule has 1 aliphatic heterocycles. The number of fused-ring (bicyclic) bond motifs is 3. The summed E-state index contributed by atoms with van der Waals surface area (Å²) in [6.07, 6.45) is 2.85. The molecule has 1 aromatic carbocycles. The summed E-state index contributed by atoms with van der Waals surface area (Å²) in [5.41, 5.74) is 6.48. The zero-order valence-corrected chi connectivity index (χ0v) is 28.1. The van der Waals surface area contributed by atoms with Gasteiger partial charge in [0.05, 0.1) is 36.6 Å². The molecule has 0 radical (unpaired) electrons. The Hall–Kier alpha value is -5.40. The number of amides is 2. The molecule has 0 bridgehead atoms. The molecule has 4 heterocycles. The predicted octanol–water partition coefficient (Wildman–Crippen LogP) is 4.07. The summed E-state index contributed by atoms with van der Waals surface area (Å²) in [5.74, 6) is 5.08. The lowest BCUT2D eigenvalue weighted by atomic mass is 10.1. The third-order valence-electron chi connectivity index (χ3n) is 7.82. The lowest BCUT2D eigenvalue weighted by Crippen LogP contribution is -2.31. The average molecular weight is 647 g/mol. The molecule has 0 spiro atoms. The summed E-state index contributed by atoms with van der Waals surface area (Å²) in [7, 11) is 0. The van der Waals surface area contributed by atoms with Crippen molar-refractivity contribution in [3.8, 4) is 0 Å². The molecule has 2 amide bonds. The van der Waals surface area contributed by atoms with Crippen molar-refractivity contribution >= 4 is 40.8 Å². The van der Waals surface area contributed by atoms with Gasteiger partial charge >= 0.3 is 11.9 Å². The number of ether oxygens (including phenoxy) is 2. The van der Waals surface area contributed by atoms with E-state index in [1.54, 1.807) is 26.8 Å². The lowest BCUT2D eigenvalue weighted by molar-refractivity contribution is 0.0514. The van der Waals surface area contributed by atoms with Crippen molar-refractivity contribution in [3.63, 3.8) is 0 Å². The van der Waals surface area contributed by atoms with Gasteiger partial charge in [0.25, 0.3) is 11.8 Å². The molecule has 0 saturated heterocycles. The first-order valence-electron chi connectivity index (χ1n) is 15.5. The number of carbonyl (C=O) groups excluding carboxylic acids is 4. The number of nitrogens with one attached hydrogen (secondary N) is 2. The number of esters is 2. The van der Waals surface area contributed by atoms with E-state index in [1.165, 1.54) is 12.5 Å². The summed E-state index contributed by atoms with van der Waals surface area (Å²) in [6, 6.07) is 5.65. The molecule has 4 N–H and O–H groups in total. The summed E-state index contributed by atoms with van der Waals surface area (Å²) in [4.78, 5) is 54.6. The minimum atomic E-state index is -0.553. The van der Waals surface area contributed by atoms with Crippen LogP contribution in [0.2, 0.25) is 0 Å². The summed E-state index contributed by atoms with van der Waals surface area (Å²) >= 11 is 0. The highest BCUT2D eigenvalue weighted by Crippen LogP contribution is 2.35. The number of carbonyl (C=O) groups is 4. The molecule has 1 aliphatic rings. The van der Waals surface area contributed by atoms with Gasteiger partial charge < -0.3 is 30.8 Å². The van der Waals surface area contributed by atoms with E-state index in [4.69, 9.17) is 15.3 Å². The molecule has 0 atom stereocenters. The van der Waals surface area contributed by atoms with E-state index < -0.39 is 11.9 Å². The van der Waals surface area contributed by atoms with Gasteiger partial charge in [-0.2, -0.15) is 5.10 Å². The van der Waals surface area contributed by atoms with Crippen molar-refractivity contribution in [2.45, 2.75) is 68.0 Å². The van der Waals surface area contributed by atoms with E-state index in [1.807, 2.05) is 56.2 Å². The van der Waals surface area contributed by atoms with Crippen LogP contribution in [0.25, 0.3) is 5.52 Å². The Morgan fingerprint density at radius 2 is 1.70 bits per heavy atom. The third-order valence-corrected chi connectivity index (χ3v) is 7.82. The maximum absolute atomic E-state index is 12.9. The fourth-order valence-corrected chi connectivity index (χ4v) is 5.43. The SMILES string of the molecule is CCNC(=O)c1ccc(C)c(Nc2ncnn3c4c(c(C)c23)C(=O)N(C(C)C)C4)c1.CCOC(=O)c1cn(N)c(C(=O)OCC)c1C. The van der Waals surface area contributed by atoms with Crippen LogP contribution >= 0.6 is 0 Å². The standard InChI is InChI=1S/C22H26N6O2.C11H16N2O4/c1-6-23-21(29)15-8-7-13(4)16(9-15)26-20-19-14(5)18-17(28(19)25-11-24-20)10-27(12(2)3)22(18)30;1-4-16-10(14)8-6-13(12)9(7(8)3)11(15)17-5-2/h7-9,11-12H,6,10H2,1-5H3,(H,23,29)(H,24,25,26);6H,4-5,12H2,1-3H3. The topological polar surface area (TPSA) is 175 Å². The van der Waals surface area contributed by atoms with Gasteiger partial charge in [0, 0.05) is 30.0 Å².